The third-order valence-corrected chi connectivity index (χ3v) is 2.00. The molecule has 0 aliphatic carbocycles. The first-order chi connectivity index (χ1) is 7.19. The van der Waals surface area contributed by atoms with Crippen LogP contribution in [0.15, 0.2) is 30.5 Å². The van der Waals surface area contributed by atoms with Gasteiger partial charge in [0.1, 0.15) is 5.57 Å². The third kappa shape index (κ3) is 2.84. The zero-order valence-electron chi connectivity index (χ0n) is 9.11. The molecule has 80 valence electrons. The van der Waals surface area contributed by atoms with Crippen molar-refractivity contribution in [3.8, 4) is 0 Å². The van der Waals surface area contributed by atoms with Crippen LogP contribution in [0.3, 0.4) is 0 Å². The van der Waals surface area contributed by atoms with E-state index in [1.165, 1.54) is 20.5 Å². The van der Waals surface area contributed by atoms with Gasteiger partial charge in [0.25, 0.3) is 0 Å². The molecule has 3 heteroatoms. The molecule has 0 aliphatic rings. The molecular formula is C12H14O3. The maximum Gasteiger partial charge on any atom is 0.341 e. The molecule has 0 spiro atoms. The third-order valence-electron chi connectivity index (χ3n) is 2.00. The Labute approximate surface area is 89.3 Å². The van der Waals surface area contributed by atoms with Gasteiger partial charge in [0, 0.05) is 0 Å². The van der Waals surface area contributed by atoms with Crippen LogP contribution in [0.2, 0.25) is 0 Å². The van der Waals surface area contributed by atoms with Gasteiger partial charge in [-0.05, 0) is 12.5 Å². The van der Waals surface area contributed by atoms with E-state index in [4.69, 9.17) is 4.74 Å². The number of hydrogen-bond donors (Lipinski definition) is 0. The Hall–Kier alpha value is -1.77. The van der Waals surface area contributed by atoms with Gasteiger partial charge in [-0.25, -0.2) is 4.79 Å². The summed E-state index contributed by atoms with van der Waals surface area (Å²) in [4.78, 5) is 11.4. The van der Waals surface area contributed by atoms with Gasteiger partial charge in [-0.15, -0.1) is 0 Å². The Morgan fingerprint density at radius 1 is 1.20 bits per heavy atom. The molecule has 15 heavy (non-hydrogen) atoms. The Morgan fingerprint density at radius 3 is 2.27 bits per heavy atom. The first kappa shape index (κ1) is 11.3. The van der Waals surface area contributed by atoms with Gasteiger partial charge < -0.3 is 9.47 Å². The van der Waals surface area contributed by atoms with Crippen LogP contribution in [0.1, 0.15) is 11.1 Å². The van der Waals surface area contributed by atoms with Crippen LogP contribution in [0.5, 0.6) is 0 Å². The average Bonchev–Trinajstić information content (AvgIpc) is 2.26. The van der Waals surface area contributed by atoms with Gasteiger partial charge in [0.2, 0.25) is 0 Å². The molecule has 0 amide bonds. The smallest absolute Gasteiger partial charge is 0.341 e. The number of benzene rings is 1. The molecule has 0 aromatic heterocycles. The molecule has 0 radical (unpaired) electrons. The molecule has 0 saturated heterocycles. The number of methoxy groups -OCH3 is 2. The van der Waals surface area contributed by atoms with E-state index in [-0.39, 0.29) is 0 Å². The summed E-state index contributed by atoms with van der Waals surface area (Å²) in [6, 6.07) is 7.58. The number of ether oxygens (including phenoxy) is 2. The lowest BCUT2D eigenvalue weighted by atomic mass is 10.1. The van der Waals surface area contributed by atoms with Crippen molar-refractivity contribution in [2.75, 3.05) is 14.2 Å². The highest BCUT2D eigenvalue weighted by atomic mass is 16.5. The Balaban J connectivity index is 3.05. The van der Waals surface area contributed by atoms with Gasteiger partial charge in [0.15, 0.2) is 0 Å². The van der Waals surface area contributed by atoms with Gasteiger partial charge in [0.05, 0.1) is 20.5 Å². The number of aryl methyl sites for hydroxylation is 1. The molecule has 0 atom stereocenters. The lowest BCUT2D eigenvalue weighted by Crippen LogP contribution is -2.04. The van der Waals surface area contributed by atoms with E-state index < -0.39 is 5.97 Å². The summed E-state index contributed by atoms with van der Waals surface area (Å²) in [7, 11) is 2.84. The topological polar surface area (TPSA) is 35.5 Å². The second-order valence-electron chi connectivity index (χ2n) is 3.12. The lowest BCUT2D eigenvalue weighted by molar-refractivity contribution is -0.133. The zero-order chi connectivity index (χ0) is 11.3. The van der Waals surface area contributed by atoms with Gasteiger partial charge >= 0.3 is 5.97 Å². The molecular weight excluding hydrogens is 192 g/mol. The Bertz CT molecular complexity index is 363. The summed E-state index contributed by atoms with van der Waals surface area (Å²) >= 11 is 0. The highest BCUT2D eigenvalue weighted by Crippen LogP contribution is 2.16. The fourth-order valence-corrected chi connectivity index (χ4v) is 1.19. The Kier molecular flexibility index (Phi) is 3.92. The van der Waals surface area contributed by atoms with Crippen LogP contribution in [0.25, 0.3) is 5.57 Å². The maximum absolute atomic E-state index is 11.4. The minimum atomic E-state index is -0.402. The molecule has 3 nitrogen and oxygen atoms in total. The molecule has 1 aromatic rings. The standard InChI is InChI=1S/C12H14O3/c1-9-4-6-10(7-5-9)11(8-14-2)12(13)15-3/h4-8H,1-3H3/b11-8-. The Morgan fingerprint density at radius 2 is 1.80 bits per heavy atom. The average molecular weight is 206 g/mol. The van der Waals surface area contributed by atoms with Gasteiger partial charge in [-0.2, -0.15) is 0 Å². The van der Waals surface area contributed by atoms with E-state index in [0.717, 1.165) is 11.1 Å². The zero-order valence-corrected chi connectivity index (χ0v) is 9.11. The SMILES string of the molecule is CO/C=C(\C(=O)OC)c1ccc(C)cc1. The van der Waals surface area contributed by atoms with Gasteiger partial charge in [-0.1, -0.05) is 29.8 Å². The number of rotatable bonds is 3. The van der Waals surface area contributed by atoms with Crippen molar-refractivity contribution in [2.24, 2.45) is 0 Å². The van der Waals surface area contributed by atoms with Crippen LogP contribution in [-0.2, 0) is 14.3 Å². The lowest BCUT2D eigenvalue weighted by Gasteiger charge is -2.05. The molecule has 0 fully saturated rings. The van der Waals surface area contributed by atoms with E-state index in [0.29, 0.717) is 5.57 Å². The molecule has 0 aliphatic heterocycles. The monoisotopic (exact) mass is 206 g/mol. The van der Waals surface area contributed by atoms with Crippen LogP contribution in [0.4, 0.5) is 0 Å². The fourth-order valence-electron chi connectivity index (χ4n) is 1.19. The van der Waals surface area contributed by atoms with E-state index in [9.17, 15) is 4.79 Å². The first-order valence-electron chi connectivity index (χ1n) is 4.57. The van der Waals surface area contributed by atoms with Crippen molar-refractivity contribution in [1.82, 2.24) is 0 Å². The van der Waals surface area contributed by atoms with Crippen LogP contribution in [-0.4, -0.2) is 20.2 Å². The second kappa shape index (κ2) is 5.20. The molecule has 0 bridgehead atoms. The van der Waals surface area contributed by atoms with Crippen molar-refractivity contribution in [1.29, 1.82) is 0 Å². The van der Waals surface area contributed by atoms with E-state index >= 15 is 0 Å². The van der Waals surface area contributed by atoms with Crippen molar-refractivity contribution in [2.45, 2.75) is 6.92 Å². The summed E-state index contributed by atoms with van der Waals surface area (Å²) in [6.45, 7) is 1.99. The predicted octanol–water partition coefficient (Wildman–Crippen LogP) is 2.16. The summed E-state index contributed by atoms with van der Waals surface area (Å²) in [5.74, 6) is -0.402. The van der Waals surface area contributed by atoms with E-state index in [1.807, 2.05) is 31.2 Å². The van der Waals surface area contributed by atoms with E-state index in [2.05, 4.69) is 4.74 Å². The fraction of sp³-hybridized carbons (Fsp3) is 0.250. The van der Waals surface area contributed by atoms with Crippen molar-refractivity contribution < 1.29 is 14.3 Å². The van der Waals surface area contributed by atoms with Crippen LogP contribution >= 0.6 is 0 Å². The highest BCUT2D eigenvalue weighted by molar-refractivity contribution is 6.16. The molecule has 1 rings (SSSR count). The minimum absolute atomic E-state index is 0.402. The van der Waals surface area contributed by atoms with Crippen molar-refractivity contribution >= 4 is 11.5 Å². The summed E-state index contributed by atoms with van der Waals surface area (Å²) < 4.78 is 9.51. The van der Waals surface area contributed by atoms with Crippen molar-refractivity contribution in [3.05, 3.63) is 41.7 Å². The van der Waals surface area contributed by atoms with Crippen LogP contribution < -0.4 is 0 Å². The normalized spacial score (nSPS) is 11.0. The summed E-state index contributed by atoms with van der Waals surface area (Å²) in [5, 5.41) is 0. The molecule has 0 unspecified atom stereocenters. The summed E-state index contributed by atoms with van der Waals surface area (Å²) in [6.07, 6.45) is 1.39. The highest BCUT2D eigenvalue weighted by Gasteiger charge is 2.12. The molecule has 0 N–H and O–H groups in total. The molecule has 0 saturated carbocycles. The molecule has 1 aromatic carbocycles. The van der Waals surface area contributed by atoms with Crippen LogP contribution in [0, 0.1) is 6.92 Å². The second-order valence-corrected chi connectivity index (χ2v) is 3.12. The predicted molar refractivity (Wildman–Crippen MR) is 58.2 cm³/mol. The molecule has 0 heterocycles. The van der Waals surface area contributed by atoms with E-state index in [1.54, 1.807) is 0 Å². The largest absolute Gasteiger partial charge is 0.503 e. The number of carbonyl (C=O) groups is 1. The number of esters is 1. The number of carbonyl (C=O) groups excluding carboxylic acids is 1. The summed E-state index contributed by atoms with van der Waals surface area (Å²) in [5.41, 5.74) is 2.34. The van der Waals surface area contributed by atoms with Crippen molar-refractivity contribution in [3.63, 3.8) is 0 Å². The maximum atomic E-state index is 11.4. The van der Waals surface area contributed by atoms with Gasteiger partial charge in [-0.3, -0.25) is 0 Å². The first-order valence-corrected chi connectivity index (χ1v) is 4.57. The number of hydrogen-bond acceptors (Lipinski definition) is 3. The quantitative estimate of drug-likeness (QED) is 0.432. The minimum Gasteiger partial charge on any atom is -0.503 e.